The van der Waals surface area contributed by atoms with E-state index in [9.17, 15) is 9.59 Å². The van der Waals surface area contributed by atoms with E-state index in [-0.39, 0.29) is 18.5 Å². The van der Waals surface area contributed by atoms with Crippen LogP contribution in [0.3, 0.4) is 0 Å². The van der Waals surface area contributed by atoms with Crippen molar-refractivity contribution in [1.29, 1.82) is 0 Å². The maximum absolute atomic E-state index is 11.4. The number of amides is 2. The molecule has 1 unspecified atom stereocenters. The number of ether oxygens (including phenoxy) is 2. The van der Waals surface area contributed by atoms with E-state index in [0.717, 1.165) is 0 Å². The summed E-state index contributed by atoms with van der Waals surface area (Å²) in [5, 5.41) is 8.34. The summed E-state index contributed by atoms with van der Waals surface area (Å²) in [5.74, 6) is -0.105. The average Bonchev–Trinajstić information content (AvgIpc) is 2.32. The number of methoxy groups -OCH3 is 1. The lowest BCUT2D eigenvalue weighted by molar-refractivity contribution is -0.120. The van der Waals surface area contributed by atoms with Gasteiger partial charge in [0.15, 0.2) is 0 Å². The molecule has 0 aliphatic carbocycles. The Hall–Kier alpha value is -1.34. The first-order valence-electron chi connectivity index (χ1n) is 6.70. The molecule has 0 radical (unpaired) electrons. The number of carbonyl (C=O) groups is 2. The summed E-state index contributed by atoms with van der Waals surface area (Å²) in [7, 11) is 1.58. The summed E-state index contributed by atoms with van der Waals surface area (Å²) in [5.41, 5.74) is -0.512. The van der Waals surface area contributed by atoms with Gasteiger partial charge in [-0.25, -0.2) is 4.79 Å². The molecule has 20 heavy (non-hydrogen) atoms. The van der Waals surface area contributed by atoms with Gasteiger partial charge in [-0.2, -0.15) is 0 Å². The van der Waals surface area contributed by atoms with Crippen molar-refractivity contribution < 1.29 is 19.1 Å². The summed E-state index contributed by atoms with van der Waals surface area (Å²) >= 11 is 0. The number of hydrogen-bond donors (Lipinski definition) is 3. The van der Waals surface area contributed by atoms with Gasteiger partial charge in [0.05, 0.1) is 13.2 Å². The molecule has 0 heterocycles. The highest BCUT2D eigenvalue weighted by atomic mass is 16.6. The number of alkyl carbamates (subject to hydrolysis) is 1. The Morgan fingerprint density at radius 3 is 2.40 bits per heavy atom. The third-order valence-corrected chi connectivity index (χ3v) is 2.19. The van der Waals surface area contributed by atoms with Crippen LogP contribution in [0, 0.1) is 0 Å². The molecule has 7 nitrogen and oxygen atoms in total. The molecule has 7 heteroatoms. The summed E-state index contributed by atoms with van der Waals surface area (Å²) < 4.78 is 9.93. The Bertz CT molecular complexity index is 302. The minimum absolute atomic E-state index is 0.0318. The van der Waals surface area contributed by atoms with Crippen molar-refractivity contribution in [3.63, 3.8) is 0 Å². The molecule has 0 aliphatic heterocycles. The molecule has 0 aromatic carbocycles. The minimum atomic E-state index is -0.512. The second-order valence-electron chi connectivity index (χ2n) is 5.51. The van der Waals surface area contributed by atoms with Crippen LogP contribution in [0.15, 0.2) is 0 Å². The Morgan fingerprint density at radius 2 is 1.85 bits per heavy atom. The average molecular weight is 289 g/mol. The third kappa shape index (κ3) is 11.7. The zero-order valence-electron chi connectivity index (χ0n) is 13.0. The van der Waals surface area contributed by atoms with Crippen LogP contribution in [-0.4, -0.2) is 57.0 Å². The first-order chi connectivity index (χ1) is 9.24. The summed E-state index contributed by atoms with van der Waals surface area (Å²) in [6.45, 7) is 8.85. The van der Waals surface area contributed by atoms with Gasteiger partial charge in [0.1, 0.15) is 5.60 Å². The van der Waals surface area contributed by atoms with Crippen molar-refractivity contribution in [3.05, 3.63) is 0 Å². The van der Waals surface area contributed by atoms with Gasteiger partial charge in [0.25, 0.3) is 0 Å². The number of hydrogen-bond acceptors (Lipinski definition) is 5. The van der Waals surface area contributed by atoms with Gasteiger partial charge >= 0.3 is 6.09 Å². The molecular formula is C13H27N3O4. The Morgan fingerprint density at radius 1 is 1.20 bits per heavy atom. The molecule has 118 valence electrons. The van der Waals surface area contributed by atoms with Gasteiger partial charge in [0.2, 0.25) is 5.91 Å². The lowest BCUT2D eigenvalue weighted by atomic mass is 10.2. The van der Waals surface area contributed by atoms with E-state index in [4.69, 9.17) is 9.47 Å². The quantitative estimate of drug-likeness (QED) is 0.558. The second-order valence-corrected chi connectivity index (χ2v) is 5.51. The molecule has 0 rings (SSSR count). The van der Waals surface area contributed by atoms with Crippen LogP contribution in [-0.2, 0) is 14.3 Å². The first kappa shape index (κ1) is 18.7. The largest absolute Gasteiger partial charge is 0.444 e. The molecule has 0 saturated carbocycles. The SMILES string of the molecule is COCCNC(=O)CNC(C)CNC(=O)OC(C)(C)C. The van der Waals surface area contributed by atoms with E-state index in [1.807, 2.05) is 6.92 Å². The van der Waals surface area contributed by atoms with Crippen LogP contribution in [0.4, 0.5) is 4.79 Å². The highest BCUT2D eigenvalue weighted by molar-refractivity contribution is 5.78. The van der Waals surface area contributed by atoms with Gasteiger partial charge in [0, 0.05) is 26.2 Å². The lowest BCUT2D eigenvalue weighted by Crippen LogP contribution is -2.44. The zero-order valence-corrected chi connectivity index (χ0v) is 13.0. The van der Waals surface area contributed by atoms with Crippen LogP contribution in [0.5, 0.6) is 0 Å². The van der Waals surface area contributed by atoms with Crippen LogP contribution >= 0.6 is 0 Å². The van der Waals surface area contributed by atoms with E-state index < -0.39 is 11.7 Å². The van der Waals surface area contributed by atoms with Gasteiger partial charge in [-0.05, 0) is 27.7 Å². The van der Waals surface area contributed by atoms with Gasteiger partial charge in [-0.1, -0.05) is 0 Å². The molecule has 1 atom stereocenters. The third-order valence-electron chi connectivity index (χ3n) is 2.19. The molecule has 0 aromatic heterocycles. The predicted molar refractivity (Wildman–Crippen MR) is 76.6 cm³/mol. The Balaban J connectivity index is 3.70. The molecule has 0 bridgehead atoms. The summed E-state index contributed by atoms with van der Waals surface area (Å²) in [6, 6.07) is -0.0318. The van der Waals surface area contributed by atoms with Gasteiger partial charge in [-0.3, -0.25) is 4.79 Å². The van der Waals surface area contributed by atoms with E-state index in [1.165, 1.54) is 0 Å². The number of rotatable bonds is 8. The van der Waals surface area contributed by atoms with Gasteiger partial charge in [-0.15, -0.1) is 0 Å². The Labute approximate surface area is 120 Å². The van der Waals surface area contributed by atoms with Crippen molar-refractivity contribution >= 4 is 12.0 Å². The molecule has 0 fully saturated rings. The molecular weight excluding hydrogens is 262 g/mol. The number of carbonyl (C=O) groups excluding carboxylic acids is 2. The Kier molecular flexibility index (Phi) is 8.91. The predicted octanol–water partition coefficient (Wildman–Crippen LogP) is 0.252. The van der Waals surface area contributed by atoms with Crippen molar-refractivity contribution in [2.75, 3.05) is 33.4 Å². The van der Waals surface area contributed by atoms with Crippen molar-refractivity contribution in [2.45, 2.75) is 39.3 Å². The minimum Gasteiger partial charge on any atom is -0.444 e. The van der Waals surface area contributed by atoms with E-state index in [2.05, 4.69) is 16.0 Å². The van der Waals surface area contributed by atoms with E-state index in [0.29, 0.717) is 19.7 Å². The molecule has 2 amide bonds. The van der Waals surface area contributed by atoms with Crippen molar-refractivity contribution in [2.24, 2.45) is 0 Å². The van der Waals surface area contributed by atoms with E-state index in [1.54, 1.807) is 27.9 Å². The van der Waals surface area contributed by atoms with E-state index >= 15 is 0 Å². The monoisotopic (exact) mass is 289 g/mol. The van der Waals surface area contributed by atoms with Crippen LogP contribution < -0.4 is 16.0 Å². The maximum atomic E-state index is 11.4. The number of nitrogens with one attached hydrogen (secondary N) is 3. The van der Waals surface area contributed by atoms with Crippen molar-refractivity contribution in [1.82, 2.24) is 16.0 Å². The fraction of sp³-hybridized carbons (Fsp3) is 0.846. The smallest absolute Gasteiger partial charge is 0.407 e. The fourth-order valence-corrected chi connectivity index (χ4v) is 1.24. The maximum Gasteiger partial charge on any atom is 0.407 e. The first-order valence-corrected chi connectivity index (χ1v) is 6.70. The van der Waals surface area contributed by atoms with Crippen LogP contribution in [0.1, 0.15) is 27.7 Å². The molecule has 3 N–H and O–H groups in total. The highest BCUT2D eigenvalue weighted by Gasteiger charge is 2.16. The van der Waals surface area contributed by atoms with Crippen molar-refractivity contribution in [3.8, 4) is 0 Å². The molecule has 0 aliphatic rings. The lowest BCUT2D eigenvalue weighted by Gasteiger charge is -2.21. The summed E-state index contributed by atoms with van der Waals surface area (Å²) in [4.78, 5) is 22.8. The van der Waals surface area contributed by atoms with Gasteiger partial charge < -0.3 is 25.4 Å². The standard InChI is InChI=1S/C13H27N3O4/c1-10(8-16-12(18)20-13(2,3)4)15-9-11(17)14-6-7-19-5/h10,15H,6-9H2,1-5H3,(H,14,17)(H,16,18). The molecule has 0 spiro atoms. The summed E-state index contributed by atoms with van der Waals surface area (Å²) in [6.07, 6.45) is -0.462. The zero-order chi connectivity index (χ0) is 15.6. The fourth-order valence-electron chi connectivity index (χ4n) is 1.24. The molecule has 0 aromatic rings. The highest BCUT2D eigenvalue weighted by Crippen LogP contribution is 2.06. The molecule has 0 saturated heterocycles. The topological polar surface area (TPSA) is 88.7 Å². The second kappa shape index (κ2) is 9.55. The van der Waals surface area contributed by atoms with Crippen LogP contribution in [0.2, 0.25) is 0 Å². The van der Waals surface area contributed by atoms with Crippen LogP contribution in [0.25, 0.3) is 0 Å². The normalized spacial score (nSPS) is 12.7.